The van der Waals surface area contributed by atoms with Crippen LogP contribution in [0.25, 0.3) is 6.08 Å². The Morgan fingerprint density at radius 1 is 1.28 bits per heavy atom. The van der Waals surface area contributed by atoms with Crippen molar-refractivity contribution in [2.24, 2.45) is 0 Å². The van der Waals surface area contributed by atoms with Crippen molar-refractivity contribution in [2.75, 3.05) is 13.7 Å². The molecule has 0 spiro atoms. The summed E-state index contributed by atoms with van der Waals surface area (Å²) in [4.78, 5) is 14.0. The Kier molecular flexibility index (Phi) is 6.94. The van der Waals surface area contributed by atoms with Gasteiger partial charge in [0, 0.05) is 22.4 Å². The normalized spacial score (nSPS) is 11.1. The maximum Gasteiger partial charge on any atom is 0.387 e. The molecule has 0 radical (unpaired) electrons. The van der Waals surface area contributed by atoms with Crippen LogP contribution in [0.15, 0.2) is 36.4 Å². The number of rotatable bonds is 8. The van der Waals surface area contributed by atoms with Gasteiger partial charge in [0.2, 0.25) is 5.91 Å². The number of methoxy groups -OCH3 is 1. The van der Waals surface area contributed by atoms with Gasteiger partial charge in [-0.05, 0) is 49.2 Å². The smallest absolute Gasteiger partial charge is 0.387 e. The molecule has 0 aliphatic heterocycles. The molecule has 1 N–H and O–H groups in total. The highest BCUT2D eigenvalue weighted by Crippen LogP contribution is 2.29. The summed E-state index contributed by atoms with van der Waals surface area (Å²) < 4.78 is 34.2. The van der Waals surface area contributed by atoms with Gasteiger partial charge in [-0.25, -0.2) is 0 Å². The number of hydrogen-bond acceptors (Lipinski definition) is 4. The number of carbonyl (C=O) groups is 1. The largest absolute Gasteiger partial charge is 0.493 e. The second kappa shape index (κ2) is 9.17. The molecular formula is C18H19F2NO3S. The summed E-state index contributed by atoms with van der Waals surface area (Å²) in [5, 5.41) is 2.76. The second-order valence-corrected chi connectivity index (χ2v) is 6.51. The maximum atomic E-state index is 12.4. The van der Waals surface area contributed by atoms with Crippen molar-refractivity contribution in [3.05, 3.63) is 51.7 Å². The summed E-state index contributed by atoms with van der Waals surface area (Å²) in [6, 6.07) is 8.74. The lowest BCUT2D eigenvalue weighted by molar-refractivity contribution is -0.116. The van der Waals surface area contributed by atoms with Crippen LogP contribution in [0.5, 0.6) is 11.5 Å². The molecule has 0 saturated heterocycles. The molecule has 0 unspecified atom stereocenters. The average molecular weight is 367 g/mol. The molecule has 0 aliphatic rings. The van der Waals surface area contributed by atoms with Gasteiger partial charge < -0.3 is 14.8 Å². The van der Waals surface area contributed by atoms with Crippen molar-refractivity contribution >= 4 is 23.3 Å². The SMILES string of the molecule is COc1ccc(CCNC(=O)/C=C/c2ccc(C)s2)cc1OC(F)F. The number of aryl methyl sites for hydroxylation is 1. The first-order chi connectivity index (χ1) is 12.0. The van der Waals surface area contributed by atoms with Gasteiger partial charge in [-0.2, -0.15) is 8.78 Å². The van der Waals surface area contributed by atoms with E-state index in [0.717, 1.165) is 10.4 Å². The summed E-state index contributed by atoms with van der Waals surface area (Å²) >= 11 is 1.61. The summed E-state index contributed by atoms with van der Waals surface area (Å²) in [5.41, 5.74) is 0.759. The molecular weight excluding hydrogens is 348 g/mol. The zero-order chi connectivity index (χ0) is 18.2. The highest BCUT2D eigenvalue weighted by Gasteiger charge is 2.11. The Morgan fingerprint density at radius 3 is 2.72 bits per heavy atom. The van der Waals surface area contributed by atoms with Crippen LogP contribution in [0.1, 0.15) is 15.3 Å². The van der Waals surface area contributed by atoms with E-state index >= 15 is 0 Å². The van der Waals surface area contributed by atoms with Gasteiger partial charge in [-0.1, -0.05) is 6.07 Å². The van der Waals surface area contributed by atoms with Crippen LogP contribution in [0.2, 0.25) is 0 Å². The van der Waals surface area contributed by atoms with E-state index in [9.17, 15) is 13.6 Å². The quantitative estimate of drug-likeness (QED) is 0.717. The lowest BCUT2D eigenvalue weighted by Crippen LogP contribution is -2.23. The number of alkyl halides is 2. The zero-order valence-corrected chi connectivity index (χ0v) is 14.7. The fourth-order valence-corrected chi connectivity index (χ4v) is 2.93. The van der Waals surface area contributed by atoms with Gasteiger partial charge in [-0.15, -0.1) is 11.3 Å². The molecule has 4 nitrogen and oxygen atoms in total. The third-order valence-electron chi connectivity index (χ3n) is 3.32. The van der Waals surface area contributed by atoms with Crippen molar-refractivity contribution in [2.45, 2.75) is 20.0 Å². The molecule has 25 heavy (non-hydrogen) atoms. The standard InChI is InChI=1S/C18H19F2NO3S/c1-12-3-5-14(25-12)6-8-17(22)21-10-9-13-4-7-15(23-2)16(11-13)24-18(19)20/h3-8,11,18H,9-10H2,1-2H3,(H,21,22)/b8-6+. The monoisotopic (exact) mass is 367 g/mol. The minimum absolute atomic E-state index is 0.0192. The number of nitrogens with one attached hydrogen (secondary N) is 1. The van der Waals surface area contributed by atoms with Gasteiger partial charge in [0.15, 0.2) is 11.5 Å². The first-order valence-electron chi connectivity index (χ1n) is 7.62. The first kappa shape index (κ1) is 18.9. The number of carbonyl (C=O) groups excluding carboxylic acids is 1. The third-order valence-corrected chi connectivity index (χ3v) is 4.28. The highest BCUT2D eigenvalue weighted by molar-refractivity contribution is 7.12. The van der Waals surface area contributed by atoms with E-state index < -0.39 is 6.61 Å². The van der Waals surface area contributed by atoms with E-state index in [4.69, 9.17) is 4.74 Å². The summed E-state index contributed by atoms with van der Waals surface area (Å²) in [6.07, 6.45) is 3.72. The van der Waals surface area contributed by atoms with Crippen molar-refractivity contribution in [1.29, 1.82) is 0 Å². The van der Waals surface area contributed by atoms with Crippen molar-refractivity contribution in [3.8, 4) is 11.5 Å². The maximum absolute atomic E-state index is 12.4. The minimum Gasteiger partial charge on any atom is -0.493 e. The number of halogens is 2. The summed E-state index contributed by atoms with van der Waals surface area (Å²) in [7, 11) is 1.38. The topological polar surface area (TPSA) is 47.6 Å². The summed E-state index contributed by atoms with van der Waals surface area (Å²) in [5.74, 6) is 0.0140. The minimum atomic E-state index is -2.92. The molecule has 1 amide bonds. The Bertz CT molecular complexity index is 744. The number of ether oxygens (including phenoxy) is 2. The van der Waals surface area contributed by atoms with Gasteiger partial charge in [0.1, 0.15) is 0 Å². The molecule has 1 aromatic heterocycles. The fraction of sp³-hybridized carbons (Fsp3) is 0.278. The predicted molar refractivity (Wildman–Crippen MR) is 94.4 cm³/mol. The Labute approximate surface area is 149 Å². The number of amides is 1. The van der Waals surface area contributed by atoms with E-state index in [0.29, 0.717) is 13.0 Å². The molecule has 2 aromatic rings. The third kappa shape index (κ3) is 6.19. The van der Waals surface area contributed by atoms with E-state index in [1.807, 2.05) is 19.1 Å². The van der Waals surface area contributed by atoms with Crippen LogP contribution >= 0.6 is 11.3 Å². The Morgan fingerprint density at radius 2 is 2.08 bits per heavy atom. The molecule has 1 aromatic carbocycles. The van der Waals surface area contributed by atoms with Crippen molar-refractivity contribution < 1.29 is 23.0 Å². The fourth-order valence-electron chi connectivity index (χ4n) is 2.15. The molecule has 0 saturated carbocycles. The van der Waals surface area contributed by atoms with Crippen LogP contribution in [-0.2, 0) is 11.2 Å². The van der Waals surface area contributed by atoms with E-state index in [2.05, 4.69) is 10.1 Å². The molecule has 1 heterocycles. The highest BCUT2D eigenvalue weighted by atomic mass is 32.1. The van der Waals surface area contributed by atoms with Crippen molar-refractivity contribution in [3.63, 3.8) is 0 Å². The number of hydrogen-bond donors (Lipinski definition) is 1. The molecule has 2 rings (SSSR count). The number of thiophene rings is 1. The van der Waals surface area contributed by atoms with Crippen LogP contribution in [0, 0.1) is 6.92 Å². The average Bonchev–Trinajstić information content (AvgIpc) is 2.98. The van der Waals surface area contributed by atoms with E-state index in [1.54, 1.807) is 29.5 Å². The lowest BCUT2D eigenvalue weighted by Gasteiger charge is -2.11. The predicted octanol–water partition coefficient (Wildman–Crippen LogP) is 4.04. The molecule has 0 aliphatic carbocycles. The Hall–Kier alpha value is -2.41. The molecule has 0 bridgehead atoms. The van der Waals surface area contributed by atoms with E-state index in [-0.39, 0.29) is 17.4 Å². The van der Waals surface area contributed by atoms with Gasteiger partial charge in [0.05, 0.1) is 7.11 Å². The van der Waals surface area contributed by atoms with Crippen LogP contribution < -0.4 is 14.8 Å². The van der Waals surface area contributed by atoms with Crippen LogP contribution in [0.4, 0.5) is 8.78 Å². The van der Waals surface area contributed by atoms with Crippen LogP contribution in [-0.4, -0.2) is 26.2 Å². The van der Waals surface area contributed by atoms with Gasteiger partial charge >= 0.3 is 6.61 Å². The molecule has 7 heteroatoms. The van der Waals surface area contributed by atoms with Gasteiger partial charge in [-0.3, -0.25) is 4.79 Å². The Balaban J connectivity index is 1.86. The molecule has 0 atom stereocenters. The molecule has 134 valence electrons. The first-order valence-corrected chi connectivity index (χ1v) is 8.43. The zero-order valence-electron chi connectivity index (χ0n) is 13.9. The summed E-state index contributed by atoms with van der Waals surface area (Å²) in [6.45, 7) is -0.536. The lowest BCUT2D eigenvalue weighted by atomic mass is 10.1. The number of benzene rings is 1. The molecule has 0 fully saturated rings. The van der Waals surface area contributed by atoms with Crippen molar-refractivity contribution in [1.82, 2.24) is 5.32 Å². The van der Waals surface area contributed by atoms with Crippen LogP contribution in [0.3, 0.4) is 0 Å². The van der Waals surface area contributed by atoms with Gasteiger partial charge in [0.25, 0.3) is 0 Å². The second-order valence-electron chi connectivity index (χ2n) is 5.19. The van der Waals surface area contributed by atoms with E-state index in [1.165, 1.54) is 24.1 Å².